The average Bonchev–Trinajstić information content (AvgIpc) is 2.83. The first-order chi connectivity index (χ1) is 9.06. The van der Waals surface area contributed by atoms with Crippen molar-refractivity contribution in [1.29, 1.82) is 0 Å². The number of aliphatic hydroxyl groups excluding tert-OH is 1. The highest BCUT2D eigenvalue weighted by Gasteiger charge is 2.25. The van der Waals surface area contributed by atoms with Crippen LogP contribution >= 0.6 is 0 Å². The zero-order valence-corrected chi connectivity index (χ0v) is 10.2. The van der Waals surface area contributed by atoms with Gasteiger partial charge >= 0.3 is 5.97 Å². The summed E-state index contributed by atoms with van der Waals surface area (Å²) in [6, 6.07) is 3.18. The number of carboxylic acid groups (broad SMARTS) is 1. The molecule has 6 nitrogen and oxygen atoms in total. The smallest absolute Gasteiger partial charge is 0.328 e. The third-order valence-electron chi connectivity index (χ3n) is 2.87. The second kappa shape index (κ2) is 5.62. The van der Waals surface area contributed by atoms with Crippen LogP contribution in [0.2, 0.25) is 0 Å². The lowest BCUT2D eigenvalue weighted by atomic mass is 10.2. The van der Waals surface area contributed by atoms with Crippen LogP contribution in [0.15, 0.2) is 24.4 Å². The first-order valence-corrected chi connectivity index (χ1v) is 5.90. The number of pyridine rings is 1. The summed E-state index contributed by atoms with van der Waals surface area (Å²) in [6.45, 7) is 0.865. The molecule has 2 rings (SSSR count). The van der Waals surface area contributed by atoms with Crippen LogP contribution in [-0.4, -0.2) is 51.2 Å². The molecule has 0 spiro atoms. The lowest BCUT2D eigenvalue weighted by Crippen LogP contribution is -2.30. The van der Waals surface area contributed by atoms with Gasteiger partial charge in [-0.05, 0) is 24.1 Å². The molecule has 0 aliphatic carbocycles. The maximum atomic E-state index is 12.0. The molecule has 0 bridgehead atoms. The van der Waals surface area contributed by atoms with E-state index in [0.29, 0.717) is 30.8 Å². The number of rotatable bonds is 3. The van der Waals surface area contributed by atoms with Gasteiger partial charge in [0.2, 0.25) is 0 Å². The predicted octanol–water partition coefficient (Wildman–Crippen LogP) is 0.386. The summed E-state index contributed by atoms with van der Waals surface area (Å²) in [4.78, 5) is 27.9. The number of hydrogen-bond donors (Lipinski definition) is 2. The van der Waals surface area contributed by atoms with Gasteiger partial charge in [-0.2, -0.15) is 0 Å². The molecule has 2 heterocycles. The summed E-state index contributed by atoms with van der Waals surface area (Å²) in [6.07, 6.45) is 3.99. The van der Waals surface area contributed by atoms with Gasteiger partial charge in [0.25, 0.3) is 5.91 Å². The summed E-state index contributed by atoms with van der Waals surface area (Å²) < 4.78 is 0. The van der Waals surface area contributed by atoms with Crippen LogP contribution in [0.3, 0.4) is 0 Å². The number of amides is 1. The minimum Gasteiger partial charge on any atom is -0.478 e. The molecule has 19 heavy (non-hydrogen) atoms. The van der Waals surface area contributed by atoms with E-state index in [2.05, 4.69) is 4.98 Å². The molecule has 1 saturated heterocycles. The van der Waals surface area contributed by atoms with Gasteiger partial charge in [0.1, 0.15) is 5.69 Å². The average molecular weight is 262 g/mol. The van der Waals surface area contributed by atoms with Crippen molar-refractivity contribution < 1.29 is 19.8 Å². The molecule has 1 aromatic heterocycles. The van der Waals surface area contributed by atoms with E-state index in [0.717, 1.165) is 6.08 Å². The second-order valence-corrected chi connectivity index (χ2v) is 4.34. The van der Waals surface area contributed by atoms with Crippen molar-refractivity contribution >= 4 is 18.0 Å². The van der Waals surface area contributed by atoms with Crippen LogP contribution < -0.4 is 0 Å². The Morgan fingerprint density at radius 3 is 2.74 bits per heavy atom. The normalized spacial score (nSPS) is 19.0. The minimum absolute atomic E-state index is 0.217. The molecule has 100 valence electrons. The Morgan fingerprint density at radius 1 is 1.42 bits per heavy atom. The van der Waals surface area contributed by atoms with Gasteiger partial charge in [0.15, 0.2) is 0 Å². The predicted molar refractivity (Wildman–Crippen MR) is 67.4 cm³/mol. The molecule has 1 aromatic rings. The fourth-order valence-corrected chi connectivity index (χ4v) is 1.89. The van der Waals surface area contributed by atoms with Gasteiger partial charge in [-0.25, -0.2) is 4.79 Å². The topological polar surface area (TPSA) is 90.7 Å². The van der Waals surface area contributed by atoms with E-state index in [-0.39, 0.29) is 5.91 Å². The Kier molecular flexibility index (Phi) is 3.91. The minimum atomic E-state index is -1.04. The fraction of sp³-hybridized carbons (Fsp3) is 0.308. The Hall–Kier alpha value is -2.21. The van der Waals surface area contributed by atoms with Crippen molar-refractivity contribution in [2.45, 2.75) is 12.5 Å². The number of aliphatic carboxylic acids is 1. The molecular formula is C13H14N2O4. The fourth-order valence-electron chi connectivity index (χ4n) is 1.89. The maximum absolute atomic E-state index is 12.0. The number of carboxylic acids is 1. The molecule has 1 aliphatic rings. The Balaban J connectivity index is 2.06. The highest BCUT2D eigenvalue weighted by molar-refractivity contribution is 5.92. The van der Waals surface area contributed by atoms with Crippen molar-refractivity contribution in [3.8, 4) is 0 Å². The van der Waals surface area contributed by atoms with Crippen molar-refractivity contribution in [2.24, 2.45) is 0 Å². The number of hydrogen-bond acceptors (Lipinski definition) is 4. The summed E-state index contributed by atoms with van der Waals surface area (Å²) in [5, 5.41) is 17.9. The van der Waals surface area contributed by atoms with E-state index in [4.69, 9.17) is 5.11 Å². The SMILES string of the molecule is O=C(O)C=Cc1ccc(C(=O)N2CCC(O)C2)nc1. The van der Waals surface area contributed by atoms with Crippen LogP contribution in [0.1, 0.15) is 22.5 Å². The monoisotopic (exact) mass is 262 g/mol. The zero-order chi connectivity index (χ0) is 13.8. The van der Waals surface area contributed by atoms with Crippen LogP contribution in [0.4, 0.5) is 0 Å². The molecule has 1 fully saturated rings. The molecule has 2 N–H and O–H groups in total. The summed E-state index contributed by atoms with van der Waals surface area (Å²) in [5.41, 5.74) is 0.905. The van der Waals surface area contributed by atoms with Crippen LogP contribution in [-0.2, 0) is 4.79 Å². The largest absolute Gasteiger partial charge is 0.478 e. The van der Waals surface area contributed by atoms with Crippen LogP contribution in [0.5, 0.6) is 0 Å². The lowest BCUT2D eigenvalue weighted by Gasteiger charge is -2.14. The number of β-amino-alcohol motifs (C(OH)–C–C–N with tert-alkyl or cyclic N) is 1. The first-order valence-electron chi connectivity index (χ1n) is 5.90. The summed E-state index contributed by atoms with van der Waals surface area (Å²) in [7, 11) is 0. The van der Waals surface area contributed by atoms with Crippen molar-refractivity contribution in [2.75, 3.05) is 13.1 Å². The van der Waals surface area contributed by atoms with Crippen LogP contribution in [0.25, 0.3) is 6.08 Å². The van der Waals surface area contributed by atoms with Crippen molar-refractivity contribution in [3.63, 3.8) is 0 Å². The molecule has 6 heteroatoms. The number of aromatic nitrogens is 1. The molecular weight excluding hydrogens is 248 g/mol. The van der Waals surface area contributed by atoms with Gasteiger partial charge in [-0.3, -0.25) is 9.78 Å². The van der Waals surface area contributed by atoms with Crippen molar-refractivity contribution in [1.82, 2.24) is 9.88 Å². The second-order valence-electron chi connectivity index (χ2n) is 4.34. The lowest BCUT2D eigenvalue weighted by molar-refractivity contribution is -0.131. The van der Waals surface area contributed by atoms with E-state index in [1.807, 2.05) is 0 Å². The standard InChI is InChI=1S/C13H14N2O4/c16-10-5-6-15(8-10)13(19)11-3-1-9(7-14-11)2-4-12(17)18/h1-4,7,10,16H,5-6,8H2,(H,17,18). The molecule has 0 aromatic carbocycles. The summed E-state index contributed by atoms with van der Waals surface area (Å²) in [5.74, 6) is -1.25. The van der Waals surface area contributed by atoms with E-state index in [9.17, 15) is 14.7 Å². The number of aliphatic hydroxyl groups is 1. The highest BCUT2D eigenvalue weighted by atomic mass is 16.4. The van der Waals surface area contributed by atoms with E-state index in [1.165, 1.54) is 12.3 Å². The number of carbonyl (C=O) groups excluding carboxylic acids is 1. The van der Waals surface area contributed by atoms with Gasteiger partial charge in [-0.1, -0.05) is 6.07 Å². The van der Waals surface area contributed by atoms with E-state index in [1.54, 1.807) is 17.0 Å². The zero-order valence-electron chi connectivity index (χ0n) is 10.2. The van der Waals surface area contributed by atoms with Gasteiger partial charge in [0.05, 0.1) is 6.10 Å². The Morgan fingerprint density at radius 2 is 2.21 bits per heavy atom. The van der Waals surface area contributed by atoms with Gasteiger partial charge < -0.3 is 15.1 Å². The Bertz CT molecular complexity index is 510. The molecule has 1 amide bonds. The third kappa shape index (κ3) is 3.38. The maximum Gasteiger partial charge on any atom is 0.328 e. The van der Waals surface area contributed by atoms with Crippen molar-refractivity contribution in [3.05, 3.63) is 35.7 Å². The molecule has 1 unspecified atom stereocenters. The first kappa shape index (κ1) is 13.2. The number of nitrogens with zero attached hydrogens (tertiary/aromatic N) is 2. The number of likely N-dealkylation sites (tertiary alicyclic amines) is 1. The number of carbonyl (C=O) groups is 2. The third-order valence-corrected chi connectivity index (χ3v) is 2.87. The van der Waals surface area contributed by atoms with Gasteiger partial charge in [-0.15, -0.1) is 0 Å². The Labute approximate surface area is 110 Å². The summed E-state index contributed by atoms with van der Waals surface area (Å²) >= 11 is 0. The molecule has 0 saturated carbocycles. The van der Waals surface area contributed by atoms with E-state index >= 15 is 0 Å². The quantitative estimate of drug-likeness (QED) is 0.769. The van der Waals surface area contributed by atoms with E-state index < -0.39 is 12.1 Å². The highest BCUT2D eigenvalue weighted by Crippen LogP contribution is 2.13. The van der Waals surface area contributed by atoms with Gasteiger partial charge in [0, 0.05) is 25.4 Å². The van der Waals surface area contributed by atoms with Crippen LogP contribution in [0, 0.1) is 0 Å². The molecule has 1 aliphatic heterocycles. The molecule has 1 atom stereocenters. The molecule has 0 radical (unpaired) electrons.